The fourth-order valence-corrected chi connectivity index (χ4v) is 1.97. The molecule has 1 rings (SSSR count). The van der Waals surface area contributed by atoms with E-state index in [1.165, 1.54) is 0 Å². The van der Waals surface area contributed by atoms with Gasteiger partial charge < -0.3 is 5.11 Å². The zero-order chi connectivity index (χ0) is 14.8. The van der Waals surface area contributed by atoms with Crippen LogP contribution in [0.1, 0.15) is 59.6 Å². The van der Waals surface area contributed by atoms with Gasteiger partial charge in [-0.2, -0.15) is 10.2 Å². The van der Waals surface area contributed by atoms with E-state index in [1.54, 1.807) is 0 Å². The third-order valence-electron chi connectivity index (χ3n) is 3.04. The molecule has 0 spiro atoms. The maximum absolute atomic E-state index is 10.5. The first-order valence-corrected chi connectivity index (χ1v) is 6.83. The van der Waals surface area contributed by atoms with Crippen LogP contribution >= 0.6 is 0 Å². The lowest BCUT2D eigenvalue weighted by Crippen LogP contribution is -2.16. The van der Waals surface area contributed by atoms with Gasteiger partial charge >= 0.3 is 0 Å². The summed E-state index contributed by atoms with van der Waals surface area (Å²) < 4.78 is 0. The minimum absolute atomic E-state index is 0.123. The highest BCUT2D eigenvalue weighted by molar-refractivity contribution is 5.56. The van der Waals surface area contributed by atoms with E-state index in [2.05, 4.69) is 51.8 Å². The minimum atomic E-state index is -0.123. The molecule has 0 aliphatic rings. The van der Waals surface area contributed by atoms with Crippen LogP contribution in [0.5, 0.6) is 5.75 Å². The largest absolute Gasteiger partial charge is 0.507 e. The molecule has 1 N–H and O–H groups in total. The highest BCUT2D eigenvalue weighted by atomic mass is 16.3. The van der Waals surface area contributed by atoms with Crippen molar-refractivity contribution >= 4 is 5.69 Å². The highest BCUT2D eigenvalue weighted by Crippen LogP contribution is 2.41. The molecule has 1 aromatic carbocycles. The molecule has 0 bridgehead atoms. The maximum atomic E-state index is 10.5. The van der Waals surface area contributed by atoms with Crippen LogP contribution in [0, 0.1) is 0 Å². The van der Waals surface area contributed by atoms with Crippen LogP contribution < -0.4 is 0 Å². The summed E-state index contributed by atoms with van der Waals surface area (Å²) in [7, 11) is 0. The minimum Gasteiger partial charge on any atom is -0.507 e. The Hall–Kier alpha value is -1.38. The molecule has 0 atom stereocenters. The molecule has 0 aromatic heterocycles. The molecule has 3 nitrogen and oxygen atoms in total. The summed E-state index contributed by atoms with van der Waals surface area (Å²) in [5, 5.41) is 18.8. The number of benzene rings is 1. The van der Waals surface area contributed by atoms with E-state index < -0.39 is 0 Å². The van der Waals surface area contributed by atoms with Crippen molar-refractivity contribution in [1.82, 2.24) is 0 Å². The molecule has 0 amide bonds. The van der Waals surface area contributed by atoms with E-state index in [-0.39, 0.29) is 10.8 Å². The fourth-order valence-electron chi connectivity index (χ4n) is 1.97. The van der Waals surface area contributed by atoms with E-state index >= 15 is 0 Å². The first kappa shape index (κ1) is 15.7. The van der Waals surface area contributed by atoms with Crippen molar-refractivity contribution in [3.05, 3.63) is 23.3 Å². The summed E-state index contributed by atoms with van der Waals surface area (Å²) in [6.07, 6.45) is 0. The standard InChI is InChI=1S/C16H26N2O/c1-8-17-18-11-9-12(15(2,3)4)14(19)13(10-11)16(5,6)7/h9-10,19H,8H2,1-7H3. The van der Waals surface area contributed by atoms with Gasteiger partial charge in [0.25, 0.3) is 0 Å². The second-order valence-electron chi connectivity index (χ2n) is 6.95. The number of phenols is 1. The number of nitrogens with zero attached hydrogens (tertiary/aromatic N) is 2. The Morgan fingerprint density at radius 2 is 1.37 bits per heavy atom. The van der Waals surface area contributed by atoms with Crippen LogP contribution in [0.2, 0.25) is 0 Å². The molecule has 0 heterocycles. The van der Waals surface area contributed by atoms with Gasteiger partial charge in [0.15, 0.2) is 0 Å². The van der Waals surface area contributed by atoms with Crippen molar-refractivity contribution in [2.24, 2.45) is 10.2 Å². The quantitative estimate of drug-likeness (QED) is 0.741. The van der Waals surface area contributed by atoms with E-state index in [4.69, 9.17) is 0 Å². The van der Waals surface area contributed by atoms with Gasteiger partial charge in [-0.15, -0.1) is 0 Å². The Morgan fingerprint density at radius 3 is 1.68 bits per heavy atom. The molecular formula is C16H26N2O. The number of aromatic hydroxyl groups is 1. The van der Waals surface area contributed by atoms with Crippen LogP contribution in [0.3, 0.4) is 0 Å². The average molecular weight is 262 g/mol. The number of phenolic OH excluding ortho intramolecular Hbond substituents is 1. The second-order valence-corrected chi connectivity index (χ2v) is 6.95. The third-order valence-corrected chi connectivity index (χ3v) is 3.04. The molecule has 0 aliphatic carbocycles. The molecule has 19 heavy (non-hydrogen) atoms. The normalized spacial score (nSPS) is 13.2. The predicted molar refractivity (Wildman–Crippen MR) is 80.6 cm³/mol. The van der Waals surface area contributed by atoms with Gasteiger partial charge in [0, 0.05) is 11.1 Å². The summed E-state index contributed by atoms with van der Waals surface area (Å²) in [5.74, 6) is 0.385. The Morgan fingerprint density at radius 1 is 0.947 bits per heavy atom. The number of rotatable bonds is 2. The summed E-state index contributed by atoms with van der Waals surface area (Å²) in [5.41, 5.74) is 2.41. The van der Waals surface area contributed by atoms with Crippen LogP contribution in [-0.2, 0) is 10.8 Å². The third kappa shape index (κ3) is 3.79. The number of hydrogen-bond acceptors (Lipinski definition) is 3. The Balaban J connectivity index is 3.52. The highest BCUT2D eigenvalue weighted by Gasteiger charge is 2.26. The van der Waals surface area contributed by atoms with Gasteiger partial charge in [-0.1, -0.05) is 41.5 Å². The average Bonchev–Trinajstić information content (AvgIpc) is 2.24. The smallest absolute Gasteiger partial charge is 0.123 e. The Labute approximate surface area is 116 Å². The molecule has 0 radical (unpaired) electrons. The van der Waals surface area contributed by atoms with Crippen molar-refractivity contribution in [3.63, 3.8) is 0 Å². The van der Waals surface area contributed by atoms with Crippen LogP contribution in [-0.4, -0.2) is 11.7 Å². The molecule has 0 saturated heterocycles. The van der Waals surface area contributed by atoms with E-state index in [0.717, 1.165) is 16.8 Å². The molecule has 1 aromatic rings. The van der Waals surface area contributed by atoms with Gasteiger partial charge in [-0.3, -0.25) is 0 Å². The van der Waals surface area contributed by atoms with E-state index in [0.29, 0.717) is 12.3 Å². The molecule has 0 aliphatic heterocycles. The molecular weight excluding hydrogens is 236 g/mol. The fraction of sp³-hybridized carbons (Fsp3) is 0.625. The van der Waals surface area contributed by atoms with E-state index in [9.17, 15) is 5.11 Å². The van der Waals surface area contributed by atoms with Crippen molar-refractivity contribution in [2.75, 3.05) is 6.54 Å². The first-order valence-electron chi connectivity index (χ1n) is 6.83. The Bertz CT molecular complexity index is 441. The lowest BCUT2D eigenvalue weighted by Gasteiger charge is -2.27. The van der Waals surface area contributed by atoms with Crippen LogP contribution in [0.15, 0.2) is 22.4 Å². The summed E-state index contributed by atoms with van der Waals surface area (Å²) in [6, 6.07) is 3.87. The summed E-state index contributed by atoms with van der Waals surface area (Å²) in [6.45, 7) is 15.2. The zero-order valence-corrected chi connectivity index (χ0v) is 13.2. The molecule has 0 unspecified atom stereocenters. The second kappa shape index (κ2) is 5.32. The van der Waals surface area contributed by atoms with E-state index in [1.807, 2.05) is 19.1 Å². The topological polar surface area (TPSA) is 45.0 Å². The summed E-state index contributed by atoms with van der Waals surface area (Å²) >= 11 is 0. The molecule has 106 valence electrons. The van der Waals surface area contributed by atoms with Crippen molar-refractivity contribution in [1.29, 1.82) is 0 Å². The number of hydrogen-bond donors (Lipinski definition) is 1. The lowest BCUT2D eigenvalue weighted by molar-refractivity contribution is 0.423. The lowest BCUT2D eigenvalue weighted by atomic mass is 9.79. The van der Waals surface area contributed by atoms with Crippen molar-refractivity contribution in [3.8, 4) is 5.75 Å². The van der Waals surface area contributed by atoms with Gasteiger partial charge in [0.2, 0.25) is 0 Å². The van der Waals surface area contributed by atoms with Crippen molar-refractivity contribution < 1.29 is 5.11 Å². The zero-order valence-electron chi connectivity index (χ0n) is 13.2. The SMILES string of the molecule is CCN=Nc1cc(C(C)(C)C)c(O)c(C(C)(C)C)c1. The first-order chi connectivity index (χ1) is 8.57. The maximum Gasteiger partial charge on any atom is 0.123 e. The monoisotopic (exact) mass is 262 g/mol. The molecule has 0 saturated carbocycles. The molecule has 0 fully saturated rings. The number of azo groups is 1. The predicted octanol–water partition coefficient (Wildman–Crippen LogP) is 5.09. The summed E-state index contributed by atoms with van der Waals surface area (Å²) in [4.78, 5) is 0. The van der Waals surface area contributed by atoms with Gasteiger partial charge in [0.1, 0.15) is 5.75 Å². The van der Waals surface area contributed by atoms with Gasteiger partial charge in [-0.05, 0) is 29.9 Å². The van der Waals surface area contributed by atoms with Crippen molar-refractivity contribution in [2.45, 2.75) is 59.3 Å². The van der Waals surface area contributed by atoms with Crippen LogP contribution in [0.4, 0.5) is 5.69 Å². The van der Waals surface area contributed by atoms with Gasteiger partial charge in [0.05, 0.1) is 12.2 Å². The molecule has 3 heteroatoms. The Kier molecular flexibility index (Phi) is 4.39. The van der Waals surface area contributed by atoms with Gasteiger partial charge in [-0.25, -0.2) is 0 Å². The van der Waals surface area contributed by atoms with Crippen LogP contribution in [0.25, 0.3) is 0 Å².